The summed E-state index contributed by atoms with van der Waals surface area (Å²) in [5.74, 6) is 0.152. The Bertz CT molecular complexity index is 2370. The standard InChI is InChI=1S/C42H30O2/c1-42(2)38-13-7-5-11-32(38)33-20-17-26(24-39(33)42)25-15-16-27-22-36(30-10-4-3-9-29(30)35(27)21-25)28-18-19-31-34-12-6-8-14-40(34)44-41(43)37(31)23-28/h3-21,23-24,36H,22H2,1-2H3. The average molecular weight is 567 g/mol. The first-order valence-corrected chi connectivity index (χ1v) is 15.4. The van der Waals surface area contributed by atoms with Gasteiger partial charge in [-0.1, -0.05) is 117 Å². The molecule has 0 bridgehead atoms. The van der Waals surface area contributed by atoms with Crippen LogP contribution < -0.4 is 5.63 Å². The first-order valence-electron chi connectivity index (χ1n) is 15.4. The minimum atomic E-state index is -0.282. The van der Waals surface area contributed by atoms with Gasteiger partial charge in [0.2, 0.25) is 0 Å². The van der Waals surface area contributed by atoms with E-state index in [2.05, 4.69) is 117 Å². The van der Waals surface area contributed by atoms with Crippen molar-refractivity contribution in [3.8, 4) is 33.4 Å². The van der Waals surface area contributed by atoms with Crippen molar-refractivity contribution < 1.29 is 4.42 Å². The molecule has 2 heteroatoms. The fourth-order valence-electron chi connectivity index (χ4n) is 7.86. The van der Waals surface area contributed by atoms with Gasteiger partial charge in [-0.15, -0.1) is 0 Å². The fraction of sp³-hybridized carbons (Fsp3) is 0.119. The first-order chi connectivity index (χ1) is 21.5. The SMILES string of the molecule is CC1(C)c2ccccc2-c2ccc(-c3ccc4c(c3)-c3ccccc3C(c3ccc5c(c3)c(=O)oc3ccccc35)C4)cc21. The Labute approximate surface area is 256 Å². The maximum atomic E-state index is 13.1. The second kappa shape index (κ2) is 9.14. The molecule has 2 aliphatic rings. The Morgan fingerprint density at radius 2 is 1.32 bits per heavy atom. The normalized spacial score (nSPS) is 15.9. The summed E-state index contributed by atoms with van der Waals surface area (Å²) in [4.78, 5) is 13.1. The van der Waals surface area contributed by atoms with E-state index in [1.165, 1.54) is 55.6 Å². The van der Waals surface area contributed by atoms with Crippen molar-refractivity contribution in [2.24, 2.45) is 0 Å². The predicted molar refractivity (Wildman–Crippen MR) is 180 cm³/mol. The molecule has 0 amide bonds. The van der Waals surface area contributed by atoms with Gasteiger partial charge in [0.05, 0.1) is 5.39 Å². The number of hydrogen-bond donors (Lipinski definition) is 0. The summed E-state index contributed by atoms with van der Waals surface area (Å²) in [5.41, 5.74) is 14.6. The number of para-hydroxylation sites is 1. The highest BCUT2D eigenvalue weighted by Crippen LogP contribution is 2.50. The zero-order valence-corrected chi connectivity index (χ0v) is 24.7. The van der Waals surface area contributed by atoms with Gasteiger partial charge in [0.1, 0.15) is 5.58 Å². The molecule has 44 heavy (non-hydrogen) atoms. The maximum Gasteiger partial charge on any atom is 0.344 e. The van der Waals surface area contributed by atoms with Crippen molar-refractivity contribution >= 4 is 21.7 Å². The summed E-state index contributed by atoms with van der Waals surface area (Å²) in [5, 5.41) is 2.55. The molecule has 0 aliphatic heterocycles. The van der Waals surface area contributed by atoms with E-state index in [1.54, 1.807) is 0 Å². The molecule has 2 aliphatic carbocycles. The Balaban J connectivity index is 1.14. The summed E-state index contributed by atoms with van der Waals surface area (Å²) >= 11 is 0. The highest BCUT2D eigenvalue weighted by molar-refractivity contribution is 6.04. The largest absolute Gasteiger partial charge is 0.422 e. The van der Waals surface area contributed by atoms with Crippen LogP contribution >= 0.6 is 0 Å². The third-order valence-corrected chi connectivity index (χ3v) is 10.1. The molecule has 1 aromatic heterocycles. The molecule has 0 fully saturated rings. The maximum absolute atomic E-state index is 13.1. The van der Waals surface area contributed by atoms with Gasteiger partial charge in [-0.25, -0.2) is 4.79 Å². The molecule has 7 aromatic rings. The minimum Gasteiger partial charge on any atom is -0.422 e. The van der Waals surface area contributed by atoms with Gasteiger partial charge in [-0.3, -0.25) is 0 Å². The molecule has 0 saturated heterocycles. The Hall–Kier alpha value is -5.21. The van der Waals surface area contributed by atoms with E-state index in [0.29, 0.717) is 11.0 Å². The molecule has 0 N–H and O–H groups in total. The van der Waals surface area contributed by atoms with Gasteiger partial charge in [-0.05, 0) is 97.3 Å². The second-order valence-electron chi connectivity index (χ2n) is 12.8. The van der Waals surface area contributed by atoms with E-state index in [4.69, 9.17) is 4.42 Å². The van der Waals surface area contributed by atoms with E-state index in [9.17, 15) is 4.79 Å². The number of fused-ring (bicyclic) bond motifs is 9. The molecule has 6 aromatic carbocycles. The van der Waals surface area contributed by atoms with Crippen LogP contribution in [0.4, 0.5) is 0 Å². The van der Waals surface area contributed by atoms with Crippen LogP contribution in [-0.2, 0) is 11.8 Å². The van der Waals surface area contributed by atoms with Crippen LogP contribution in [0.5, 0.6) is 0 Å². The zero-order chi connectivity index (χ0) is 29.6. The lowest BCUT2D eigenvalue weighted by atomic mass is 9.75. The molecule has 1 unspecified atom stereocenters. The molecule has 1 atom stereocenters. The van der Waals surface area contributed by atoms with Crippen LogP contribution in [0, 0.1) is 0 Å². The van der Waals surface area contributed by atoms with E-state index in [1.807, 2.05) is 24.3 Å². The van der Waals surface area contributed by atoms with Gasteiger partial charge >= 0.3 is 5.63 Å². The highest BCUT2D eigenvalue weighted by atomic mass is 16.4. The number of hydrogen-bond acceptors (Lipinski definition) is 2. The molecule has 0 saturated carbocycles. The van der Waals surface area contributed by atoms with Gasteiger partial charge < -0.3 is 4.42 Å². The lowest BCUT2D eigenvalue weighted by molar-refractivity contribution is 0.569. The quantitative estimate of drug-likeness (QED) is 0.154. The van der Waals surface area contributed by atoms with Crippen molar-refractivity contribution in [1.82, 2.24) is 0 Å². The Kier molecular flexibility index (Phi) is 5.26. The van der Waals surface area contributed by atoms with E-state index in [0.717, 1.165) is 22.8 Å². The van der Waals surface area contributed by atoms with E-state index in [-0.39, 0.29) is 17.0 Å². The average Bonchev–Trinajstić information content (AvgIpc) is 3.30. The van der Waals surface area contributed by atoms with E-state index >= 15 is 0 Å². The lowest BCUT2D eigenvalue weighted by Crippen LogP contribution is -2.15. The second-order valence-corrected chi connectivity index (χ2v) is 12.8. The Morgan fingerprint density at radius 3 is 2.23 bits per heavy atom. The molecule has 9 rings (SSSR count). The van der Waals surface area contributed by atoms with E-state index < -0.39 is 0 Å². The number of rotatable bonds is 2. The van der Waals surface area contributed by atoms with Crippen LogP contribution in [-0.4, -0.2) is 0 Å². The van der Waals surface area contributed by atoms with Crippen molar-refractivity contribution in [3.63, 3.8) is 0 Å². The summed E-state index contributed by atoms with van der Waals surface area (Å²) in [6.07, 6.45) is 0.879. The molecule has 0 radical (unpaired) electrons. The summed E-state index contributed by atoms with van der Waals surface area (Å²) in [7, 11) is 0. The molecule has 210 valence electrons. The molecular formula is C42H30O2. The zero-order valence-electron chi connectivity index (χ0n) is 24.7. The van der Waals surface area contributed by atoms with Gasteiger partial charge in [0, 0.05) is 16.7 Å². The topological polar surface area (TPSA) is 30.2 Å². The van der Waals surface area contributed by atoms with Crippen molar-refractivity contribution in [2.45, 2.75) is 31.6 Å². The minimum absolute atomic E-state index is 0.0284. The first kappa shape index (κ1) is 25.3. The van der Waals surface area contributed by atoms with Crippen LogP contribution in [0.3, 0.4) is 0 Å². The molecule has 0 spiro atoms. The van der Waals surface area contributed by atoms with Crippen LogP contribution in [0.1, 0.15) is 47.6 Å². The van der Waals surface area contributed by atoms with Gasteiger partial charge in [0.25, 0.3) is 0 Å². The molecular weight excluding hydrogens is 536 g/mol. The van der Waals surface area contributed by atoms with Crippen LogP contribution in [0.15, 0.2) is 137 Å². The number of benzene rings is 6. The lowest BCUT2D eigenvalue weighted by Gasteiger charge is -2.29. The highest BCUT2D eigenvalue weighted by Gasteiger charge is 2.35. The summed E-state index contributed by atoms with van der Waals surface area (Å²) < 4.78 is 5.70. The van der Waals surface area contributed by atoms with Crippen LogP contribution in [0.2, 0.25) is 0 Å². The van der Waals surface area contributed by atoms with Crippen LogP contribution in [0.25, 0.3) is 55.1 Å². The monoisotopic (exact) mass is 566 g/mol. The third kappa shape index (κ3) is 3.58. The molecule has 2 nitrogen and oxygen atoms in total. The predicted octanol–water partition coefficient (Wildman–Crippen LogP) is 10.3. The fourth-order valence-corrected chi connectivity index (χ4v) is 7.86. The Morgan fingerprint density at radius 1 is 0.591 bits per heavy atom. The van der Waals surface area contributed by atoms with Gasteiger partial charge in [0.15, 0.2) is 0 Å². The summed E-state index contributed by atoms with van der Waals surface area (Å²) in [6.45, 7) is 4.67. The van der Waals surface area contributed by atoms with Crippen molar-refractivity contribution in [1.29, 1.82) is 0 Å². The van der Waals surface area contributed by atoms with Gasteiger partial charge in [-0.2, -0.15) is 0 Å². The van der Waals surface area contributed by atoms with Crippen molar-refractivity contribution in [2.75, 3.05) is 0 Å². The molecule has 1 heterocycles. The summed E-state index contributed by atoms with van der Waals surface area (Å²) in [6, 6.07) is 45.6. The third-order valence-electron chi connectivity index (χ3n) is 10.1. The van der Waals surface area contributed by atoms with Crippen molar-refractivity contribution in [3.05, 3.63) is 166 Å². The smallest absolute Gasteiger partial charge is 0.344 e.